The Hall–Kier alpha value is -1.18. The Morgan fingerprint density at radius 3 is 2.62 bits per heavy atom. The second kappa shape index (κ2) is 4.00. The van der Waals surface area contributed by atoms with E-state index in [-0.39, 0.29) is 0 Å². The van der Waals surface area contributed by atoms with Crippen LogP contribution in [0, 0.1) is 19.8 Å². The average molecular weight is 218 g/mol. The van der Waals surface area contributed by atoms with Gasteiger partial charge in [0.1, 0.15) is 0 Å². The van der Waals surface area contributed by atoms with Crippen molar-refractivity contribution in [3.63, 3.8) is 0 Å². The number of nitrogens with zero attached hydrogens (tertiary/aromatic N) is 1. The molecule has 1 aliphatic rings. The molecule has 88 valence electrons. The minimum absolute atomic E-state index is 0.554. The summed E-state index contributed by atoms with van der Waals surface area (Å²) >= 11 is 0. The molecule has 0 fully saturated rings. The van der Waals surface area contributed by atoms with Gasteiger partial charge in [-0.05, 0) is 37.0 Å². The quantitative estimate of drug-likeness (QED) is 0.778. The molecule has 0 saturated heterocycles. The maximum atomic E-state index is 3.67. The maximum absolute atomic E-state index is 3.67. The Bertz CT molecular complexity index is 396. The molecule has 0 spiro atoms. The third-order valence-corrected chi connectivity index (χ3v) is 3.44. The van der Waals surface area contributed by atoms with Crippen molar-refractivity contribution in [2.45, 2.75) is 33.7 Å². The van der Waals surface area contributed by atoms with Crippen LogP contribution in [0.2, 0.25) is 0 Å². The van der Waals surface area contributed by atoms with E-state index >= 15 is 0 Å². The van der Waals surface area contributed by atoms with E-state index in [1.54, 1.807) is 0 Å². The highest BCUT2D eigenvalue weighted by Crippen LogP contribution is 2.35. The molecule has 2 heteroatoms. The van der Waals surface area contributed by atoms with Crippen LogP contribution in [0.25, 0.3) is 0 Å². The van der Waals surface area contributed by atoms with Crippen molar-refractivity contribution in [3.8, 4) is 0 Å². The summed E-state index contributed by atoms with van der Waals surface area (Å²) < 4.78 is 0. The third kappa shape index (κ3) is 1.89. The number of aryl methyl sites for hydroxylation is 2. The zero-order valence-corrected chi connectivity index (χ0v) is 11.0. The zero-order valence-electron chi connectivity index (χ0n) is 11.0. The highest BCUT2D eigenvalue weighted by molar-refractivity contribution is 5.76. The number of rotatable bonds is 1. The van der Waals surface area contributed by atoms with Gasteiger partial charge in [0.05, 0.1) is 11.4 Å². The molecule has 0 amide bonds. The Morgan fingerprint density at radius 1 is 1.31 bits per heavy atom. The molecule has 0 saturated carbocycles. The van der Waals surface area contributed by atoms with Crippen LogP contribution < -0.4 is 10.2 Å². The topological polar surface area (TPSA) is 15.3 Å². The van der Waals surface area contributed by atoms with Crippen LogP contribution in [-0.4, -0.2) is 19.6 Å². The summed E-state index contributed by atoms with van der Waals surface area (Å²) in [7, 11) is 2.19. The predicted molar refractivity (Wildman–Crippen MR) is 71.4 cm³/mol. The van der Waals surface area contributed by atoms with E-state index in [4.69, 9.17) is 0 Å². The molecule has 0 aromatic heterocycles. The number of hydrogen-bond donors (Lipinski definition) is 1. The standard InChI is InChI=1S/C14H22N2/c1-9(2)13-8-16(5)14-11(4)6-10(3)7-12(14)15-13/h6-7,9,13,15H,8H2,1-5H3. The van der Waals surface area contributed by atoms with E-state index in [9.17, 15) is 0 Å². The van der Waals surface area contributed by atoms with Gasteiger partial charge in [-0.1, -0.05) is 19.9 Å². The third-order valence-electron chi connectivity index (χ3n) is 3.44. The molecule has 1 aliphatic heterocycles. The lowest BCUT2D eigenvalue weighted by Gasteiger charge is -2.38. The number of anilines is 2. The molecule has 1 N–H and O–H groups in total. The molecule has 1 heterocycles. The van der Waals surface area contributed by atoms with Crippen LogP contribution in [0.3, 0.4) is 0 Å². The summed E-state index contributed by atoms with van der Waals surface area (Å²) in [4.78, 5) is 2.38. The van der Waals surface area contributed by atoms with Gasteiger partial charge in [-0.25, -0.2) is 0 Å². The SMILES string of the molecule is Cc1cc(C)c2c(c1)NC(C(C)C)CN2C. The first-order chi connectivity index (χ1) is 7.49. The molecule has 1 aromatic carbocycles. The monoisotopic (exact) mass is 218 g/mol. The van der Waals surface area contributed by atoms with Gasteiger partial charge in [0, 0.05) is 19.6 Å². The zero-order chi connectivity index (χ0) is 11.9. The van der Waals surface area contributed by atoms with Gasteiger partial charge >= 0.3 is 0 Å². The van der Waals surface area contributed by atoms with Crippen molar-refractivity contribution in [1.29, 1.82) is 0 Å². The first kappa shape index (κ1) is 11.3. The van der Waals surface area contributed by atoms with Gasteiger partial charge < -0.3 is 10.2 Å². The van der Waals surface area contributed by atoms with Crippen molar-refractivity contribution in [3.05, 3.63) is 23.3 Å². The molecular formula is C14H22N2. The molecule has 2 rings (SSSR count). The molecule has 1 atom stereocenters. The minimum atomic E-state index is 0.554. The van der Waals surface area contributed by atoms with Crippen molar-refractivity contribution in [1.82, 2.24) is 0 Å². The van der Waals surface area contributed by atoms with Crippen molar-refractivity contribution in [2.24, 2.45) is 5.92 Å². The number of nitrogens with one attached hydrogen (secondary N) is 1. The van der Waals surface area contributed by atoms with Crippen LogP contribution in [0.1, 0.15) is 25.0 Å². The van der Waals surface area contributed by atoms with Crippen LogP contribution in [0.15, 0.2) is 12.1 Å². The lowest BCUT2D eigenvalue weighted by atomic mass is 9.98. The summed E-state index contributed by atoms with van der Waals surface area (Å²) in [5.41, 5.74) is 5.36. The van der Waals surface area contributed by atoms with Crippen LogP contribution in [-0.2, 0) is 0 Å². The second-order valence-electron chi connectivity index (χ2n) is 5.35. The molecule has 0 bridgehead atoms. The molecular weight excluding hydrogens is 196 g/mol. The van der Waals surface area contributed by atoms with Gasteiger partial charge in [0.15, 0.2) is 0 Å². The molecule has 2 nitrogen and oxygen atoms in total. The van der Waals surface area contributed by atoms with E-state index in [0.29, 0.717) is 12.0 Å². The van der Waals surface area contributed by atoms with Gasteiger partial charge in [0.2, 0.25) is 0 Å². The minimum Gasteiger partial charge on any atom is -0.379 e. The lowest BCUT2D eigenvalue weighted by Crippen LogP contribution is -2.42. The van der Waals surface area contributed by atoms with Crippen LogP contribution in [0.5, 0.6) is 0 Å². The summed E-state index contributed by atoms with van der Waals surface area (Å²) in [5, 5.41) is 3.67. The normalized spacial score (nSPS) is 19.6. The first-order valence-electron chi connectivity index (χ1n) is 6.08. The van der Waals surface area contributed by atoms with Crippen LogP contribution >= 0.6 is 0 Å². The number of benzene rings is 1. The Labute approximate surface area is 98.7 Å². The van der Waals surface area contributed by atoms with Crippen molar-refractivity contribution < 1.29 is 0 Å². The summed E-state index contributed by atoms with van der Waals surface area (Å²) in [6.07, 6.45) is 0. The second-order valence-corrected chi connectivity index (χ2v) is 5.35. The van der Waals surface area contributed by atoms with E-state index in [1.165, 1.54) is 22.5 Å². The van der Waals surface area contributed by atoms with Crippen LogP contribution in [0.4, 0.5) is 11.4 Å². The molecule has 1 aromatic rings. The number of hydrogen-bond acceptors (Lipinski definition) is 2. The lowest BCUT2D eigenvalue weighted by molar-refractivity contribution is 0.514. The Balaban J connectivity index is 2.42. The Morgan fingerprint density at radius 2 is 2.00 bits per heavy atom. The highest BCUT2D eigenvalue weighted by atomic mass is 15.2. The fourth-order valence-corrected chi connectivity index (χ4v) is 2.59. The van der Waals surface area contributed by atoms with Crippen molar-refractivity contribution in [2.75, 3.05) is 23.8 Å². The van der Waals surface area contributed by atoms with E-state index < -0.39 is 0 Å². The van der Waals surface area contributed by atoms with E-state index in [0.717, 1.165) is 6.54 Å². The summed E-state index contributed by atoms with van der Waals surface area (Å²) in [6, 6.07) is 5.07. The molecule has 0 radical (unpaired) electrons. The fraction of sp³-hybridized carbons (Fsp3) is 0.571. The average Bonchev–Trinajstić information content (AvgIpc) is 2.15. The highest BCUT2D eigenvalue weighted by Gasteiger charge is 2.24. The summed E-state index contributed by atoms with van der Waals surface area (Å²) in [6.45, 7) is 10.0. The van der Waals surface area contributed by atoms with E-state index in [2.05, 4.69) is 57.1 Å². The van der Waals surface area contributed by atoms with Gasteiger partial charge in [-0.2, -0.15) is 0 Å². The van der Waals surface area contributed by atoms with E-state index in [1.807, 2.05) is 0 Å². The number of likely N-dealkylation sites (N-methyl/N-ethyl adjacent to an activating group) is 1. The van der Waals surface area contributed by atoms with Gasteiger partial charge in [0.25, 0.3) is 0 Å². The maximum Gasteiger partial charge on any atom is 0.0630 e. The largest absolute Gasteiger partial charge is 0.379 e. The Kier molecular flexibility index (Phi) is 2.83. The number of fused-ring (bicyclic) bond motifs is 1. The smallest absolute Gasteiger partial charge is 0.0630 e. The molecule has 1 unspecified atom stereocenters. The van der Waals surface area contributed by atoms with Crippen molar-refractivity contribution >= 4 is 11.4 Å². The summed E-state index contributed by atoms with van der Waals surface area (Å²) in [5.74, 6) is 0.663. The fourth-order valence-electron chi connectivity index (χ4n) is 2.59. The van der Waals surface area contributed by atoms with Gasteiger partial charge in [-0.15, -0.1) is 0 Å². The molecule has 16 heavy (non-hydrogen) atoms. The molecule has 0 aliphatic carbocycles. The van der Waals surface area contributed by atoms with Gasteiger partial charge in [-0.3, -0.25) is 0 Å². The predicted octanol–water partition coefficient (Wildman–Crippen LogP) is 3.19. The first-order valence-corrected chi connectivity index (χ1v) is 6.08.